The summed E-state index contributed by atoms with van der Waals surface area (Å²) in [6.07, 6.45) is 2.38. The Hall–Kier alpha value is -3.68. The van der Waals surface area contributed by atoms with Gasteiger partial charge in [0.2, 0.25) is 5.95 Å². The van der Waals surface area contributed by atoms with E-state index in [-0.39, 0.29) is 6.01 Å². The summed E-state index contributed by atoms with van der Waals surface area (Å²) in [5.41, 5.74) is 6.03. The molecule has 0 aliphatic rings. The van der Waals surface area contributed by atoms with Crippen molar-refractivity contribution in [2.75, 3.05) is 26.3 Å². The molecule has 1 aromatic heterocycles. The van der Waals surface area contributed by atoms with Crippen molar-refractivity contribution in [1.29, 1.82) is 0 Å². The first-order valence-electron chi connectivity index (χ1n) is 9.49. The highest BCUT2D eigenvalue weighted by Crippen LogP contribution is 2.27. The second kappa shape index (κ2) is 10.2. The number of methoxy groups -OCH3 is 2. The molecule has 0 fully saturated rings. The first-order valence-corrected chi connectivity index (χ1v) is 9.49. The molecular weight excluding hydrogens is 382 g/mol. The van der Waals surface area contributed by atoms with Gasteiger partial charge in [0.1, 0.15) is 5.82 Å². The van der Waals surface area contributed by atoms with Gasteiger partial charge in [0.15, 0.2) is 11.5 Å². The van der Waals surface area contributed by atoms with Crippen LogP contribution in [0.4, 0.5) is 5.95 Å². The smallest absolute Gasteiger partial charge is 0.321 e. The van der Waals surface area contributed by atoms with Crippen molar-refractivity contribution in [3.05, 3.63) is 65.0 Å². The van der Waals surface area contributed by atoms with Crippen LogP contribution in [0.5, 0.6) is 17.5 Å². The second-order valence-corrected chi connectivity index (χ2v) is 6.56. The minimum atomic E-state index is 0.247. The lowest BCUT2D eigenvalue weighted by Crippen LogP contribution is -2.08. The molecule has 0 saturated heterocycles. The molecule has 0 unspecified atom stereocenters. The van der Waals surface area contributed by atoms with Gasteiger partial charge >= 0.3 is 6.01 Å². The Morgan fingerprint density at radius 1 is 0.967 bits per heavy atom. The largest absolute Gasteiger partial charge is 0.493 e. The fourth-order valence-electron chi connectivity index (χ4n) is 2.78. The van der Waals surface area contributed by atoms with Gasteiger partial charge in [-0.05, 0) is 37.1 Å². The summed E-state index contributed by atoms with van der Waals surface area (Å²) in [4.78, 5) is 12.7. The molecule has 1 heterocycles. The maximum atomic E-state index is 5.72. The van der Waals surface area contributed by atoms with Gasteiger partial charge < -0.3 is 14.2 Å². The summed E-state index contributed by atoms with van der Waals surface area (Å²) in [5.74, 6) is 2.24. The first-order chi connectivity index (χ1) is 14.6. The molecule has 0 saturated carbocycles. The van der Waals surface area contributed by atoms with Crippen LogP contribution in [0.3, 0.4) is 0 Å². The van der Waals surface area contributed by atoms with Crippen LogP contribution in [0.2, 0.25) is 0 Å². The van der Waals surface area contributed by atoms with E-state index in [1.165, 1.54) is 5.56 Å². The standard InChI is InChI=1S/C22H25N5O3/c1-15-6-5-7-18(12-15)14-23-27-21-24-16(2)25-22(26-21)30-11-10-17-8-9-19(28-3)20(13-17)29-4/h5-9,12-14H,10-11H2,1-4H3,(H,24,25,26,27)/b23-14+. The maximum absolute atomic E-state index is 5.72. The van der Waals surface area contributed by atoms with Crippen LogP contribution in [0.25, 0.3) is 0 Å². The number of anilines is 1. The zero-order valence-corrected chi connectivity index (χ0v) is 17.5. The van der Waals surface area contributed by atoms with E-state index >= 15 is 0 Å². The topological polar surface area (TPSA) is 90.8 Å². The van der Waals surface area contributed by atoms with Gasteiger partial charge in [-0.1, -0.05) is 35.9 Å². The number of rotatable bonds is 9. The summed E-state index contributed by atoms with van der Waals surface area (Å²) in [7, 11) is 3.22. The molecule has 2 aromatic carbocycles. The summed E-state index contributed by atoms with van der Waals surface area (Å²) in [5, 5.41) is 4.19. The van der Waals surface area contributed by atoms with Crippen molar-refractivity contribution in [1.82, 2.24) is 15.0 Å². The summed E-state index contributed by atoms with van der Waals surface area (Å²) in [6, 6.07) is 14.0. The Bertz CT molecular complexity index is 1020. The predicted molar refractivity (Wildman–Crippen MR) is 116 cm³/mol. The second-order valence-electron chi connectivity index (χ2n) is 6.56. The van der Waals surface area contributed by atoms with Crippen LogP contribution in [0.1, 0.15) is 22.5 Å². The van der Waals surface area contributed by atoms with E-state index in [9.17, 15) is 0 Å². The molecule has 0 amide bonds. The van der Waals surface area contributed by atoms with Gasteiger partial charge in [0.05, 0.1) is 27.0 Å². The number of ether oxygens (including phenoxy) is 3. The first kappa shape index (κ1) is 21.0. The fraction of sp³-hybridized carbons (Fsp3) is 0.273. The third-order valence-electron chi connectivity index (χ3n) is 4.22. The number of nitrogens with one attached hydrogen (secondary N) is 1. The van der Waals surface area contributed by atoms with E-state index in [0.717, 1.165) is 11.1 Å². The van der Waals surface area contributed by atoms with Crippen molar-refractivity contribution in [2.45, 2.75) is 20.3 Å². The molecule has 0 aliphatic carbocycles. The van der Waals surface area contributed by atoms with Crippen LogP contribution >= 0.6 is 0 Å². The molecule has 0 bridgehead atoms. The van der Waals surface area contributed by atoms with E-state index in [4.69, 9.17) is 14.2 Å². The highest BCUT2D eigenvalue weighted by atomic mass is 16.5. The number of aromatic nitrogens is 3. The van der Waals surface area contributed by atoms with Crippen molar-refractivity contribution >= 4 is 12.2 Å². The van der Waals surface area contributed by atoms with Crippen LogP contribution in [-0.4, -0.2) is 42.0 Å². The lowest BCUT2D eigenvalue weighted by Gasteiger charge is -2.10. The molecular formula is C22H25N5O3. The summed E-state index contributed by atoms with van der Waals surface area (Å²) < 4.78 is 16.3. The minimum Gasteiger partial charge on any atom is -0.493 e. The zero-order valence-electron chi connectivity index (χ0n) is 17.5. The van der Waals surface area contributed by atoms with Gasteiger partial charge in [-0.25, -0.2) is 5.43 Å². The number of hydrazone groups is 1. The third-order valence-corrected chi connectivity index (χ3v) is 4.22. The Kier molecular flexibility index (Phi) is 7.15. The van der Waals surface area contributed by atoms with Crippen LogP contribution in [0.15, 0.2) is 47.6 Å². The summed E-state index contributed by atoms with van der Waals surface area (Å²) >= 11 is 0. The molecule has 8 heteroatoms. The third kappa shape index (κ3) is 5.91. The van der Waals surface area contributed by atoms with E-state index in [1.54, 1.807) is 27.4 Å². The zero-order chi connectivity index (χ0) is 21.3. The predicted octanol–water partition coefficient (Wildman–Crippen LogP) is 3.57. The van der Waals surface area contributed by atoms with E-state index in [1.807, 2.05) is 49.4 Å². The minimum absolute atomic E-state index is 0.247. The van der Waals surface area contributed by atoms with Gasteiger partial charge in [0, 0.05) is 6.42 Å². The van der Waals surface area contributed by atoms with Crippen molar-refractivity contribution in [3.63, 3.8) is 0 Å². The molecule has 0 spiro atoms. The van der Waals surface area contributed by atoms with Crippen molar-refractivity contribution in [2.24, 2.45) is 5.10 Å². The SMILES string of the molecule is COc1ccc(CCOc2nc(C)nc(N/N=C/c3cccc(C)c3)n2)cc1OC. The average Bonchev–Trinajstić information content (AvgIpc) is 2.73. The van der Waals surface area contributed by atoms with Crippen molar-refractivity contribution in [3.8, 4) is 17.5 Å². The average molecular weight is 407 g/mol. The Balaban J connectivity index is 1.58. The van der Waals surface area contributed by atoms with E-state index in [0.29, 0.717) is 36.3 Å². The highest BCUT2D eigenvalue weighted by molar-refractivity contribution is 5.80. The Morgan fingerprint density at radius 3 is 2.57 bits per heavy atom. The van der Waals surface area contributed by atoms with E-state index in [2.05, 4.69) is 25.5 Å². The molecule has 30 heavy (non-hydrogen) atoms. The fourth-order valence-corrected chi connectivity index (χ4v) is 2.78. The number of benzene rings is 2. The molecule has 1 N–H and O–H groups in total. The summed E-state index contributed by atoms with van der Waals surface area (Å²) in [6.45, 7) is 4.22. The highest BCUT2D eigenvalue weighted by Gasteiger charge is 2.07. The van der Waals surface area contributed by atoms with E-state index < -0.39 is 0 Å². The molecule has 8 nitrogen and oxygen atoms in total. The lowest BCUT2D eigenvalue weighted by atomic mass is 10.1. The van der Waals surface area contributed by atoms with Gasteiger partial charge in [-0.2, -0.15) is 20.1 Å². The Morgan fingerprint density at radius 2 is 1.80 bits per heavy atom. The molecule has 0 radical (unpaired) electrons. The molecule has 156 valence electrons. The molecule has 0 atom stereocenters. The monoisotopic (exact) mass is 407 g/mol. The normalized spacial score (nSPS) is 10.8. The van der Waals surface area contributed by atoms with Crippen LogP contribution < -0.4 is 19.6 Å². The van der Waals surface area contributed by atoms with Gasteiger partial charge in [-0.15, -0.1) is 0 Å². The Labute approximate surface area is 176 Å². The quantitative estimate of drug-likeness (QED) is 0.428. The maximum Gasteiger partial charge on any atom is 0.321 e. The lowest BCUT2D eigenvalue weighted by molar-refractivity contribution is 0.294. The van der Waals surface area contributed by atoms with Crippen LogP contribution in [0, 0.1) is 13.8 Å². The van der Waals surface area contributed by atoms with Crippen LogP contribution in [-0.2, 0) is 6.42 Å². The molecule has 3 rings (SSSR count). The number of hydrogen-bond acceptors (Lipinski definition) is 8. The molecule has 3 aromatic rings. The number of nitrogens with zero attached hydrogens (tertiary/aromatic N) is 4. The molecule has 0 aliphatic heterocycles. The van der Waals surface area contributed by atoms with Crippen molar-refractivity contribution < 1.29 is 14.2 Å². The number of hydrogen-bond donors (Lipinski definition) is 1. The van der Waals surface area contributed by atoms with Gasteiger partial charge in [-0.3, -0.25) is 0 Å². The van der Waals surface area contributed by atoms with Gasteiger partial charge in [0.25, 0.3) is 0 Å². The number of aryl methyl sites for hydroxylation is 2.